The van der Waals surface area contributed by atoms with Gasteiger partial charge in [0.2, 0.25) is 0 Å². The molecule has 0 aromatic heterocycles. The van der Waals surface area contributed by atoms with Crippen molar-refractivity contribution in [2.45, 2.75) is 78.0 Å². The van der Waals surface area contributed by atoms with Crippen molar-refractivity contribution in [1.82, 2.24) is 10.6 Å². The summed E-state index contributed by atoms with van der Waals surface area (Å²) < 4.78 is 10.3. The number of ether oxygens (including phenoxy) is 2. The second-order valence-corrected chi connectivity index (χ2v) is 7.45. The number of alkyl carbamates (subject to hydrolysis) is 2. The number of aliphatic hydroxyl groups excluding tert-OH is 1. The van der Waals surface area contributed by atoms with Crippen LogP contribution in [0.2, 0.25) is 0 Å². The van der Waals surface area contributed by atoms with Gasteiger partial charge < -0.3 is 25.2 Å². The van der Waals surface area contributed by atoms with Gasteiger partial charge in [-0.05, 0) is 60.8 Å². The van der Waals surface area contributed by atoms with Gasteiger partial charge in [-0.25, -0.2) is 9.59 Å². The molecule has 0 spiro atoms. The number of carbonyl (C=O) groups excluding carboxylic acids is 2. The molecule has 0 aromatic rings. The lowest BCUT2D eigenvalue weighted by atomic mass is 10.1. The molecule has 0 heterocycles. The molecule has 23 heavy (non-hydrogen) atoms. The molecule has 3 N–H and O–H groups in total. The minimum Gasteiger partial charge on any atom is -0.444 e. The average molecular weight is 332 g/mol. The molecule has 0 bridgehead atoms. The lowest BCUT2D eigenvalue weighted by Gasteiger charge is -2.22. The summed E-state index contributed by atoms with van der Waals surface area (Å²) in [4.78, 5) is 23.1. The van der Waals surface area contributed by atoms with Crippen LogP contribution < -0.4 is 10.6 Å². The van der Waals surface area contributed by atoms with E-state index in [-0.39, 0.29) is 12.6 Å². The third-order valence-electron chi connectivity index (χ3n) is 2.59. The van der Waals surface area contributed by atoms with Crippen LogP contribution in [0.15, 0.2) is 0 Å². The quantitative estimate of drug-likeness (QED) is 0.623. The van der Waals surface area contributed by atoms with Crippen molar-refractivity contribution in [3.8, 4) is 0 Å². The lowest BCUT2D eigenvalue weighted by Crippen LogP contribution is -2.41. The van der Waals surface area contributed by atoms with Gasteiger partial charge in [0.25, 0.3) is 0 Å². The van der Waals surface area contributed by atoms with Gasteiger partial charge in [0, 0.05) is 6.54 Å². The van der Waals surface area contributed by atoms with Gasteiger partial charge in [0.1, 0.15) is 11.2 Å². The summed E-state index contributed by atoms with van der Waals surface area (Å²) in [6, 6.07) is -0.355. The zero-order valence-corrected chi connectivity index (χ0v) is 15.2. The van der Waals surface area contributed by atoms with Gasteiger partial charge in [0.05, 0.1) is 12.6 Å². The average Bonchev–Trinajstić information content (AvgIpc) is 2.32. The normalized spacial score (nSPS) is 13.2. The van der Waals surface area contributed by atoms with Crippen LogP contribution in [0.1, 0.15) is 60.8 Å². The van der Waals surface area contributed by atoms with Gasteiger partial charge in [-0.1, -0.05) is 0 Å². The molecule has 7 heteroatoms. The number of hydrogen-bond acceptors (Lipinski definition) is 5. The first-order valence-electron chi connectivity index (χ1n) is 8.00. The Morgan fingerprint density at radius 2 is 1.48 bits per heavy atom. The van der Waals surface area contributed by atoms with Crippen LogP contribution in [-0.2, 0) is 9.47 Å². The molecular weight excluding hydrogens is 300 g/mol. The molecular formula is C16H32N2O5. The van der Waals surface area contributed by atoms with E-state index in [9.17, 15) is 14.7 Å². The highest BCUT2D eigenvalue weighted by molar-refractivity contribution is 5.68. The van der Waals surface area contributed by atoms with E-state index in [4.69, 9.17) is 9.47 Å². The summed E-state index contributed by atoms with van der Waals surface area (Å²) in [6.45, 7) is 11.1. The fraction of sp³-hybridized carbons (Fsp3) is 0.875. The van der Waals surface area contributed by atoms with Gasteiger partial charge in [0.15, 0.2) is 0 Å². The van der Waals surface area contributed by atoms with Crippen molar-refractivity contribution < 1.29 is 24.2 Å². The van der Waals surface area contributed by atoms with Crippen LogP contribution in [-0.4, -0.2) is 47.7 Å². The van der Waals surface area contributed by atoms with Gasteiger partial charge >= 0.3 is 12.2 Å². The van der Waals surface area contributed by atoms with Crippen LogP contribution in [0, 0.1) is 0 Å². The Labute approximate surface area is 139 Å². The van der Waals surface area contributed by atoms with E-state index in [0.29, 0.717) is 13.0 Å². The third kappa shape index (κ3) is 13.9. The zero-order chi connectivity index (χ0) is 18.1. The number of aliphatic hydroxyl groups is 1. The lowest BCUT2D eigenvalue weighted by molar-refractivity contribution is 0.0478. The van der Waals surface area contributed by atoms with Crippen LogP contribution in [0.4, 0.5) is 9.59 Å². The molecule has 0 fully saturated rings. The summed E-state index contributed by atoms with van der Waals surface area (Å²) >= 11 is 0. The zero-order valence-electron chi connectivity index (χ0n) is 15.2. The van der Waals surface area contributed by atoms with E-state index >= 15 is 0 Å². The van der Waals surface area contributed by atoms with Crippen molar-refractivity contribution in [3.63, 3.8) is 0 Å². The molecule has 0 saturated carbocycles. The highest BCUT2D eigenvalue weighted by Crippen LogP contribution is 2.08. The van der Waals surface area contributed by atoms with Crippen molar-refractivity contribution in [2.24, 2.45) is 0 Å². The fourth-order valence-corrected chi connectivity index (χ4v) is 1.70. The Hall–Kier alpha value is -1.50. The van der Waals surface area contributed by atoms with Crippen LogP contribution >= 0.6 is 0 Å². The molecule has 0 aliphatic heterocycles. The second-order valence-electron chi connectivity index (χ2n) is 7.45. The summed E-state index contributed by atoms with van der Waals surface area (Å²) in [5.74, 6) is 0. The molecule has 0 aliphatic carbocycles. The van der Waals surface area contributed by atoms with E-state index in [1.165, 1.54) is 0 Å². The smallest absolute Gasteiger partial charge is 0.407 e. The third-order valence-corrected chi connectivity index (χ3v) is 2.59. The number of amides is 2. The minimum absolute atomic E-state index is 0.154. The van der Waals surface area contributed by atoms with Gasteiger partial charge in [-0.2, -0.15) is 0 Å². The molecule has 0 aliphatic rings. The van der Waals surface area contributed by atoms with Crippen molar-refractivity contribution >= 4 is 12.2 Å². The Kier molecular flexibility index (Phi) is 8.97. The minimum atomic E-state index is -0.568. The monoisotopic (exact) mass is 332 g/mol. The van der Waals surface area contributed by atoms with E-state index < -0.39 is 23.4 Å². The molecule has 0 radical (unpaired) electrons. The first kappa shape index (κ1) is 21.5. The number of hydrogen-bond donors (Lipinski definition) is 3. The fourth-order valence-electron chi connectivity index (χ4n) is 1.70. The number of rotatable bonds is 7. The molecule has 0 rings (SSSR count). The van der Waals surface area contributed by atoms with Crippen LogP contribution in [0.5, 0.6) is 0 Å². The molecule has 136 valence electrons. The Bertz CT molecular complexity index is 372. The van der Waals surface area contributed by atoms with Gasteiger partial charge in [-0.3, -0.25) is 0 Å². The second kappa shape index (κ2) is 9.60. The van der Waals surface area contributed by atoms with Crippen LogP contribution in [0.3, 0.4) is 0 Å². The van der Waals surface area contributed by atoms with Crippen molar-refractivity contribution in [1.29, 1.82) is 0 Å². The first-order valence-corrected chi connectivity index (χ1v) is 8.00. The molecule has 0 unspecified atom stereocenters. The highest BCUT2D eigenvalue weighted by Gasteiger charge is 2.19. The predicted molar refractivity (Wildman–Crippen MR) is 88.3 cm³/mol. The maximum atomic E-state index is 11.6. The largest absolute Gasteiger partial charge is 0.444 e. The summed E-state index contributed by atoms with van der Waals surface area (Å²) in [5.41, 5.74) is -1.08. The summed E-state index contributed by atoms with van der Waals surface area (Å²) in [6.07, 6.45) is 1.10. The number of nitrogens with one attached hydrogen (secondary N) is 2. The number of carbonyl (C=O) groups is 2. The molecule has 0 saturated heterocycles. The molecule has 0 aromatic carbocycles. The Morgan fingerprint density at radius 1 is 0.957 bits per heavy atom. The summed E-state index contributed by atoms with van der Waals surface area (Å²) in [7, 11) is 0. The van der Waals surface area contributed by atoms with Crippen molar-refractivity contribution in [2.75, 3.05) is 13.2 Å². The molecule has 1 atom stereocenters. The molecule has 7 nitrogen and oxygen atoms in total. The highest BCUT2D eigenvalue weighted by atomic mass is 16.6. The van der Waals surface area contributed by atoms with E-state index in [1.807, 2.05) is 0 Å². The standard InChI is InChI=1S/C16H32N2O5/c1-15(2,3)22-13(20)17-10-8-7-9-12(11-19)18-14(21)23-16(4,5)6/h12,19H,7-11H2,1-6H3,(H,17,20)(H,18,21)/t12-/m1/s1. The first-order chi connectivity index (χ1) is 10.4. The maximum Gasteiger partial charge on any atom is 0.407 e. The van der Waals surface area contributed by atoms with Crippen LogP contribution in [0.25, 0.3) is 0 Å². The van der Waals surface area contributed by atoms with Gasteiger partial charge in [-0.15, -0.1) is 0 Å². The maximum absolute atomic E-state index is 11.6. The summed E-state index contributed by atoms with van der Waals surface area (Å²) in [5, 5.41) is 14.6. The van der Waals surface area contributed by atoms with Crippen molar-refractivity contribution in [3.05, 3.63) is 0 Å². The SMILES string of the molecule is CC(C)(C)OC(=O)NCCCC[C@H](CO)NC(=O)OC(C)(C)C. The predicted octanol–water partition coefficient (Wildman–Crippen LogP) is 2.57. The molecule has 2 amide bonds. The Balaban J connectivity index is 3.88. The van der Waals surface area contributed by atoms with E-state index in [0.717, 1.165) is 12.8 Å². The topological polar surface area (TPSA) is 96.9 Å². The van der Waals surface area contributed by atoms with E-state index in [1.54, 1.807) is 41.5 Å². The number of unbranched alkanes of at least 4 members (excludes halogenated alkanes) is 1. The Morgan fingerprint density at radius 3 is 1.96 bits per heavy atom. The van der Waals surface area contributed by atoms with E-state index in [2.05, 4.69) is 10.6 Å².